The van der Waals surface area contributed by atoms with Crippen LogP contribution in [0, 0.1) is 5.82 Å². The molecule has 0 heterocycles. The minimum absolute atomic E-state index is 0. The topological polar surface area (TPSA) is 92.5 Å². The Morgan fingerprint density at radius 1 is 1.35 bits per heavy atom. The zero-order valence-corrected chi connectivity index (χ0v) is 9.35. The van der Waals surface area contributed by atoms with E-state index in [9.17, 15) is 18.3 Å². The number of phenolic OH excluding ortho intramolecular Hbond substituents is 1. The van der Waals surface area contributed by atoms with Gasteiger partial charge in [-0.1, -0.05) is 0 Å². The van der Waals surface area contributed by atoms with Crippen LogP contribution in [0.5, 0.6) is 5.75 Å². The molecule has 1 aromatic rings. The summed E-state index contributed by atoms with van der Waals surface area (Å²) >= 11 is 0. The molecule has 6 N–H and O–H groups in total. The quantitative estimate of drug-likeness (QED) is 0.491. The van der Waals surface area contributed by atoms with E-state index in [-0.39, 0.29) is 18.1 Å². The second-order valence-electron chi connectivity index (χ2n) is 3.33. The van der Waals surface area contributed by atoms with Crippen LogP contribution in [0.4, 0.5) is 18.9 Å². The van der Waals surface area contributed by atoms with Gasteiger partial charge in [-0.3, -0.25) is 0 Å². The highest BCUT2D eigenvalue weighted by atomic mass is 35.5. The van der Waals surface area contributed by atoms with Gasteiger partial charge in [0.05, 0.1) is 5.69 Å². The third-order valence-electron chi connectivity index (χ3n) is 2.13. The second-order valence-corrected chi connectivity index (χ2v) is 3.33. The Balaban J connectivity index is 0.00000256. The molecule has 0 unspecified atom stereocenters. The van der Waals surface area contributed by atoms with Gasteiger partial charge in [0.15, 0.2) is 0 Å². The summed E-state index contributed by atoms with van der Waals surface area (Å²) in [5, 5.41) is 17.8. The van der Waals surface area contributed by atoms with Gasteiger partial charge >= 0.3 is 0 Å². The third-order valence-corrected chi connectivity index (χ3v) is 2.13. The predicted octanol–water partition coefficient (Wildman–Crippen LogP) is 1.16. The Hall–Kier alpha value is -1.18. The minimum atomic E-state index is -3.67. The Kier molecular flexibility index (Phi) is 5.06. The van der Waals surface area contributed by atoms with E-state index >= 15 is 0 Å². The van der Waals surface area contributed by atoms with Crippen molar-refractivity contribution in [2.24, 2.45) is 5.73 Å². The number of anilines is 1. The van der Waals surface area contributed by atoms with Crippen molar-refractivity contribution in [2.75, 3.05) is 12.3 Å². The van der Waals surface area contributed by atoms with Gasteiger partial charge in [-0.2, -0.15) is 0 Å². The van der Waals surface area contributed by atoms with Crippen LogP contribution in [-0.2, 0) is 0 Å². The molecule has 0 bridgehead atoms. The molecule has 1 rings (SSSR count). The number of aromatic hydroxyl groups is 1. The van der Waals surface area contributed by atoms with E-state index in [4.69, 9.17) is 16.6 Å². The van der Waals surface area contributed by atoms with E-state index in [1.807, 2.05) is 0 Å². The molecule has 0 radical (unpaired) electrons. The van der Waals surface area contributed by atoms with Crippen molar-refractivity contribution < 1.29 is 23.4 Å². The SMILES string of the molecule is Cl.Nc1cc(F)cc([C@@H](N)C(F)(F)CO)c1O. The van der Waals surface area contributed by atoms with Crippen molar-refractivity contribution >= 4 is 18.1 Å². The summed E-state index contributed by atoms with van der Waals surface area (Å²) in [6.07, 6.45) is 0. The average Bonchev–Trinajstić information content (AvgIpc) is 2.22. The first kappa shape index (κ1) is 15.8. The molecule has 0 amide bonds. The number of nitrogens with two attached hydrogens (primary N) is 2. The molecule has 0 fully saturated rings. The Labute approximate surface area is 101 Å². The van der Waals surface area contributed by atoms with Crippen LogP contribution in [0.1, 0.15) is 11.6 Å². The molecule has 8 heteroatoms. The summed E-state index contributed by atoms with van der Waals surface area (Å²) in [5.41, 5.74) is 9.39. The molecular formula is C9H12ClF3N2O2. The van der Waals surface area contributed by atoms with E-state index in [2.05, 4.69) is 0 Å². The molecule has 0 aromatic heterocycles. The fourth-order valence-corrected chi connectivity index (χ4v) is 1.21. The first-order valence-corrected chi connectivity index (χ1v) is 4.31. The van der Waals surface area contributed by atoms with Gasteiger partial charge in [-0.15, -0.1) is 12.4 Å². The van der Waals surface area contributed by atoms with Crippen molar-refractivity contribution in [1.82, 2.24) is 0 Å². The number of aliphatic hydroxyl groups is 1. The second kappa shape index (κ2) is 5.44. The van der Waals surface area contributed by atoms with E-state index < -0.39 is 35.7 Å². The molecule has 17 heavy (non-hydrogen) atoms. The maximum absolute atomic E-state index is 13.0. The number of hydrogen-bond acceptors (Lipinski definition) is 4. The summed E-state index contributed by atoms with van der Waals surface area (Å²) in [6.45, 7) is -1.51. The van der Waals surface area contributed by atoms with Gasteiger partial charge < -0.3 is 21.7 Å². The molecule has 0 aliphatic rings. The van der Waals surface area contributed by atoms with E-state index in [0.717, 1.165) is 6.07 Å². The predicted molar refractivity (Wildman–Crippen MR) is 58.7 cm³/mol. The monoisotopic (exact) mass is 272 g/mol. The van der Waals surface area contributed by atoms with Crippen molar-refractivity contribution in [3.05, 3.63) is 23.5 Å². The Morgan fingerprint density at radius 3 is 2.35 bits per heavy atom. The highest BCUT2D eigenvalue weighted by Gasteiger charge is 2.39. The number of benzene rings is 1. The fraction of sp³-hybridized carbons (Fsp3) is 0.333. The van der Waals surface area contributed by atoms with Gasteiger partial charge in [-0.05, 0) is 6.07 Å². The van der Waals surface area contributed by atoms with Crippen LogP contribution in [0.2, 0.25) is 0 Å². The number of alkyl halides is 2. The van der Waals surface area contributed by atoms with Gasteiger partial charge in [0, 0.05) is 11.6 Å². The number of hydrogen-bond donors (Lipinski definition) is 4. The first-order valence-electron chi connectivity index (χ1n) is 4.31. The number of aliphatic hydroxyl groups excluding tert-OH is 1. The average molecular weight is 273 g/mol. The van der Waals surface area contributed by atoms with Gasteiger partial charge in [0.1, 0.15) is 24.2 Å². The maximum atomic E-state index is 13.0. The van der Waals surface area contributed by atoms with Crippen molar-refractivity contribution in [3.63, 3.8) is 0 Å². The van der Waals surface area contributed by atoms with E-state index in [0.29, 0.717) is 6.07 Å². The molecule has 1 aromatic carbocycles. The number of nitrogen functional groups attached to an aromatic ring is 1. The number of halogens is 4. The van der Waals surface area contributed by atoms with Crippen LogP contribution < -0.4 is 11.5 Å². The molecular weight excluding hydrogens is 261 g/mol. The molecule has 4 nitrogen and oxygen atoms in total. The highest BCUT2D eigenvalue weighted by molar-refractivity contribution is 5.85. The molecule has 0 spiro atoms. The highest BCUT2D eigenvalue weighted by Crippen LogP contribution is 2.37. The van der Waals surface area contributed by atoms with Crippen molar-refractivity contribution in [2.45, 2.75) is 12.0 Å². The number of phenols is 1. The lowest BCUT2D eigenvalue weighted by atomic mass is 10.00. The molecule has 98 valence electrons. The Bertz CT molecular complexity index is 404. The Morgan fingerprint density at radius 2 is 1.88 bits per heavy atom. The standard InChI is InChI=1S/C9H11F3N2O2.ClH/c10-4-1-5(7(16)6(13)2-4)8(14)9(11,12)3-15;/h1-2,8,15-16H,3,13-14H2;1H/t8-;/m1./s1. The lowest BCUT2D eigenvalue weighted by molar-refractivity contribution is -0.0716. The first-order chi connectivity index (χ1) is 7.29. The largest absolute Gasteiger partial charge is 0.505 e. The summed E-state index contributed by atoms with van der Waals surface area (Å²) in [7, 11) is 0. The minimum Gasteiger partial charge on any atom is -0.505 e. The molecule has 0 saturated heterocycles. The van der Waals surface area contributed by atoms with Crippen LogP contribution >= 0.6 is 12.4 Å². The molecule has 0 aliphatic heterocycles. The summed E-state index contributed by atoms with van der Waals surface area (Å²) in [5.74, 6) is -5.27. The lowest BCUT2D eigenvalue weighted by Gasteiger charge is -2.22. The fourth-order valence-electron chi connectivity index (χ4n) is 1.21. The summed E-state index contributed by atoms with van der Waals surface area (Å²) in [6, 6.07) is -0.599. The van der Waals surface area contributed by atoms with Gasteiger partial charge in [0.25, 0.3) is 5.92 Å². The smallest absolute Gasteiger partial charge is 0.289 e. The third kappa shape index (κ3) is 3.15. The number of rotatable bonds is 3. The summed E-state index contributed by atoms with van der Waals surface area (Å²) < 4.78 is 39.0. The van der Waals surface area contributed by atoms with Crippen LogP contribution in [0.25, 0.3) is 0 Å². The lowest BCUT2D eigenvalue weighted by Crippen LogP contribution is -2.36. The maximum Gasteiger partial charge on any atom is 0.289 e. The molecule has 0 aliphatic carbocycles. The van der Waals surface area contributed by atoms with Crippen LogP contribution in [0.3, 0.4) is 0 Å². The van der Waals surface area contributed by atoms with Crippen LogP contribution in [-0.4, -0.2) is 22.7 Å². The van der Waals surface area contributed by atoms with E-state index in [1.54, 1.807) is 0 Å². The van der Waals surface area contributed by atoms with E-state index in [1.165, 1.54) is 0 Å². The van der Waals surface area contributed by atoms with Gasteiger partial charge in [0.2, 0.25) is 0 Å². The zero-order chi connectivity index (χ0) is 12.5. The van der Waals surface area contributed by atoms with Crippen molar-refractivity contribution in [1.29, 1.82) is 0 Å². The molecule has 0 saturated carbocycles. The normalized spacial score (nSPS) is 13.0. The van der Waals surface area contributed by atoms with Crippen molar-refractivity contribution in [3.8, 4) is 5.75 Å². The van der Waals surface area contributed by atoms with Crippen LogP contribution in [0.15, 0.2) is 12.1 Å². The molecule has 1 atom stereocenters. The van der Waals surface area contributed by atoms with Gasteiger partial charge in [-0.25, -0.2) is 13.2 Å². The zero-order valence-electron chi connectivity index (χ0n) is 8.53. The summed E-state index contributed by atoms with van der Waals surface area (Å²) in [4.78, 5) is 0.